The molecule has 19 heavy (non-hydrogen) atoms. The van der Waals surface area contributed by atoms with E-state index < -0.39 is 12.6 Å². The zero-order valence-corrected chi connectivity index (χ0v) is 12.7. The molecule has 0 amide bonds. The van der Waals surface area contributed by atoms with Gasteiger partial charge in [-0.15, -0.1) is 0 Å². The van der Waals surface area contributed by atoms with Crippen molar-refractivity contribution in [2.75, 3.05) is 19.6 Å². The standard InChI is InChI=1S/C14H29F3N2/c1-5-9-19(11-13(3,4)10-18)12(2)7-6-8-14(15,16)17/h12H,5-11,18H2,1-4H3. The number of hydrogen-bond acceptors (Lipinski definition) is 2. The van der Waals surface area contributed by atoms with Crippen LogP contribution in [0.5, 0.6) is 0 Å². The molecule has 0 bridgehead atoms. The molecule has 1 unspecified atom stereocenters. The van der Waals surface area contributed by atoms with E-state index >= 15 is 0 Å². The molecule has 5 heteroatoms. The summed E-state index contributed by atoms with van der Waals surface area (Å²) in [7, 11) is 0. The fraction of sp³-hybridized carbons (Fsp3) is 1.00. The molecule has 0 fully saturated rings. The van der Waals surface area contributed by atoms with Gasteiger partial charge in [-0.3, -0.25) is 0 Å². The minimum atomic E-state index is -4.04. The maximum atomic E-state index is 12.2. The highest BCUT2D eigenvalue weighted by molar-refractivity contribution is 4.78. The fourth-order valence-corrected chi connectivity index (χ4v) is 2.14. The lowest BCUT2D eigenvalue weighted by Gasteiger charge is -2.36. The molecule has 0 aliphatic carbocycles. The molecule has 0 rings (SSSR count). The van der Waals surface area contributed by atoms with Crippen molar-refractivity contribution in [1.29, 1.82) is 0 Å². The number of alkyl halides is 3. The van der Waals surface area contributed by atoms with Gasteiger partial charge in [0.1, 0.15) is 0 Å². The van der Waals surface area contributed by atoms with E-state index in [0.717, 1.165) is 19.5 Å². The fourth-order valence-electron chi connectivity index (χ4n) is 2.14. The lowest BCUT2D eigenvalue weighted by atomic mass is 9.92. The van der Waals surface area contributed by atoms with Crippen LogP contribution in [-0.4, -0.2) is 36.8 Å². The number of hydrogen-bond donors (Lipinski definition) is 1. The molecule has 0 aliphatic rings. The Balaban J connectivity index is 4.29. The second kappa shape index (κ2) is 8.10. The minimum absolute atomic E-state index is 0.00740. The first kappa shape index (κ1) is 18.7. The molecule has 0 aliphatic heterocycles. The van der Waals surface area contributed by atoms with E-state index in [0.29, 0.717) is 13.0 Å². The van der Waals surface area contributed by atoms with Crippen LogP contribution in [0.4, 0.5) is 13.2 Å². The van der Waals surface area contributed by atoms with Gasteiger partial charge < -0.3 is 10.6 Å². The maximum Gasteiger partial charge on any atom is 0.389 e. The molecule has 0 aromatic rings. The van der Waals surface area contributed by atoms with Crippen LogP contribution in [0.15, 0.2) is 0 Å². The first-order valence-electron chi connectivity index (χ1n) is 7.12. The minimum Gasteiger partial charge on any atom is -0.330 e. The number of halogens is 3. The average Bonchev–Trinajstić information content (AvgIpc) is 2.26. The first-order chi connectivity index (χ1) is 8.61. The largest absolute Gasteiger partial charge is 0.389 e. The van der Waals surface area contributed by atoms with Crippen LogP contribution in [-0.2, 0) is 0 Å². The van der Waals surface area contributed by atoms with Gasteiger partial charge in [-0.05, 0) is 44.7 Å². The molecule has 0 radical (unpaired) electrons. The van der Waals surface area contributed by atoms with Crippen molar-refractivity contribution in [3.05, 3.63) is 0 Å². The molecule has 0 saturated heterocycles. The van der Waals surface area contributed by atoms with E-state index in [1.807, 2.05) is 6.92 Å². The molecule has 0 aromatic heterocycles. The topological polar surface area (TPSA) is 29.3 Å². The Kier molecular flexibility index (Phi) is 7.98. The Morgan fingerprint density at radius 1 is 1.21 bits per heavy atom. The van der Waals surface area contributed by atoms with Crippen LogP contribution in [0.25, 0.3) is 0 Å². The van der Waals surface area contributed by atoms with Gasteiger partial charge in [0.25, 0.3) is 0 Å². The summed E-state index contributed by atoms with van der Waals surface area (Å²) in [5.74, 6) is 0. The lowest BCUT2D eigenvalue weighted by Crippen LogP contribution is -2.43. The van der Waals surface area contributed by atoms with Gasteiger partial charge >= 0.3 is 6.18 Å². The molecule has 0 saturated carbocycles. The molecule has 2 nitrogen and oxygen atoms in total. The highest BCUT2D eigenvalue weighted by atomic mass is 19.4. The van der Waals surface area contributed by atoms with Crippen molar-refractivity contribution in [3.63, 3.8) is 0 Å². The zero-order chi connectivity index (χ0) is 15.1. The molecular weight excluding hydrogens is 253 g/mol. The van der Waals surface area contributed by atoms with Crippen LogP contribution in [0.1, 0.15) is 53.4 Å². The Bertz CT molecular complexity index is 239. The Morgan fingerprint density at radius 2 is 1.79 bits per heavy atom. The summed E-state index contributed by atoms with van der Waals surface area (Å²) in [6, 6.07) is 0.174. The predicted octanol–water partition coefficient (Wildman–Crippen LogP) is 3.80. The zero-order valence-electron chi connectivity index (χ0n) is 12.7. The Morgan fingerprint density at radius 3 is 2.21 bits per heavy atom. The first-order valence-corrected chi connectivity index (χ1v) is 7.12. The Hall–Kier alpha value is -0.290. The van der Waals surface area contributed by atoms with E-state index in [1.54, 1.807) is 0 Å². The Labute approximate surface area is 115 Å². The molecular formula is C14H29F3N2. The van der Waals surface area contributed by atoms with E-state index in [-0.39, 0.29) is 17.9 Å². The van der Waals surface area contributed by atoms with E-state index in [2.05, 4.69) is 25.7 Å². The van der Waals surface area contributed by atoms with Gasteiger partial charge in [-0.25, -0.2) is 0 Å². The van der Waals surface area contributed by atoms with Gasteiger partial charge in [-0.1, -0.05) is 20.8 Å². The van der Waals surface area contributed by atoms with E-state index in [9.17, 15) is 13.2 Å². The third-order valence-corrected chi connectivity index (χ3v) is 3.40. The predicted molar refractivity (Wildman–Crippen MR) is 74.1 cm³/mol. The van der Waals surface area contributed by atoms with Gasteiger partial charge in [0.2, 0.25) is 0 Å². The molecule has 0 spiro atoms. The van der Waals surface area contributed by atoms with Crippen molar-refractivity contribution in [2.24, 2.45) is 11.1 Å². The third kappa shape index (κ3) is 9.27. The number of rotatable bonds is 9. The lowest BCUT2D eigenvalue weighted by molar-refractivity contribution is -0.136. The molecule has 0 aromatic carbocycles. The SMILES string of the molecule is CCCN(CC(C)(C)CN)C(C)CCCC(F)(F)F. The highest BCUT2D eigenvalue weighted by Crippen LogP contribution is 2.24. The van der Waals surface area contributed by atoms with Crippen LogP contribution in [0, 0.1) is 5.41 Å². The van der Waals surface area contributed by atoms with Crippen molar-refractivity contribution in [2.45, 2.75) is 65.6 Å². The second-order valence-corrected chi connectivity index (χ2v) is 6.20. The summed E-state index contributed by atoms with van der Waals surface area (Å²) >= 11 is 0. The highest BCUT2D eigenvalue weighted by Gasteiger charge is 2.28. The smallest absolute Gasteiger partial charge is 0.330 e. The van der Waals surface area contributed by atoms with E-state index in [4.69, 9.17) is 5.73 Å². The number of nitrogens with zero attached hydrogens (tertiary/aromatic N) is 1. The molecule has 0 heterocycles. The number of nitrogens with two attached hydrogens (primary N) is 1. The monoisotopic (exact) mass is 282 g/mol. The average molecular weight is 282 g/mol. The quantitative estimate of drug-likeness (QED) is 0.697. The van der Waals surface area contributed by atoms with Crippen LogP contribution < -0.4 is 5.73 Å². The van der Waals surface area contributed by atoms with Gasteiger partial charge in [0.05, 0.1) is 0 Å². The van der Waals surface area contributed by atoms with Crippen LogP contribution in [0.2, 0.25) is 0 Å². The molecule has 2 N–H and O–H groups in total. The second-order valence-electron chi connectivity index (χ2n) is 6.20. The van der Waals surface area contributed by atoms with Crippen molar-refractivity contribution in [3.8, 4) is 0 Å². The van der Waals surface area contributed by atoms with Gasteiger partial charge in [0.15, 0.2) is 0 Å². The molecule has 1 atom stereocenters. The van der Waals surface area contributed by atoms with Gasteiger partial charge in [0, 0.05) is 19.0 Å². The normalized spacial score (nSPS) is 15.0. The van der Waals surface area contributed by atoms with Crippen molar-refractivity contribution in [1.82, 2.24) is 4.90 Å². The van der Waals surface area contributed by atoms with Gasteiger partial charge in [-0.2, -0.15) is 13.2 Å². The molecule has 116 valence electrons. The summed E-state index contributed by atoms with van der Waals surface area (Å²) in [6.45, 7) is 10.6. The summed E-state index contributed by atoms with van der Waals surface area (Å²) in [4.78, 5) is 2.27. The van der Waals surface area contributed by atoms with Crippen molar-refractivity contribution >= 4 is 0 Å². The maximum absolute atomic E-state index is 12.2. The van der Waals surface area contributed by atoms with E-state index in [1.165, 1.54) is 0 Å². The summed E-state index contributed by atoms with van der Waals surface area (Å²) < 4.78 is 36.5. The van der Waals surface area contributed by atoms with Crippen LogP contribution in [0.3, 0.4) is 0 Å². The summed E-state index contributed by atoms with van der Waals surface area (Å²) in [5, 5.41) is 0. The van der Waals surface area contributed by atoms with Crippen LogP contribution >= 0.6 is 0 Å². The summed E-state index contributed by atoms with van der Waals surface area (Å²) in [6.07, 6.45) is -2.93. The summed E-state index contributed by atoms with van der Waals surface area (Å²) in [5.41, 5.74) is 5.74. The third-order valence-electron chi connectivity index (χ3n) is 3.40. The van der Waals surface area contributed by atoms with Crippen molar-refractivity contribution < 1.29 is 13.2 Å².